The van der Waals surface area contributed by atoms with E-state index in [0.29, 0.717) is 23.7 Å². The third-order valence-electron chi connectivity index (χ3n) is 4.72. The number of carbonyl (C=O) groups excluding carboxylic acids is 2. The van der Waals surface area contributed by atoms with E-state index in [9.17, 15) is 9.59 Å². The number of anilines is 1. The Hall–Kier alpha value is -2.15. The van der Waals surface area contributed by atoms with Gasteiger partial charge in [0.15, 0.2) is 10.9 Å². The Kier molecular flexibility index (Phi) is 4.33. The van der Waals surface area contributed by atoms with E-state index in [-0.39, 0.29) is 11.7 Å². The van der Waals surface area contributed by atoms with Crippen molar-refractivity contribution in [3.63, 3.8) is 0 Å². The number of benzene rings is 1. The van der Waals surface area contributed by atoms with Gasteiger partial charge in [-0.1, -0.05) is 11.8 Å². The van der Waals surface area contributed by atoms with Crippen molar-refractivity contribution < 1.29 is 9.59 Å². The van der Waals surface area contributed by atoms with E-state index in [1.807, 2.05) is 23.7 Å². The number of ketones is 1. The van der Waals surface area contributed by atoms with E-state index >= 15 is 0 Å². The van der Waals surface area contributed by atoms with Crippen LogP contribution < -0.4 is 4.90 Å². The lowest BCUT2D eigenvalue weighted by Crippen LogP contribution is -2.23. The molecule has 1 aromatic carbocycles. The fourth-order valence-corrected chi connectivity index (χ4v) is 3.92. The molecule has 25 heavy (non-hydrogen) atoms. The molecule has 130 valence electrons. The molecule has 2 heterocycles. The second kappa shape index (κ2) is 6.63. The SMILES string of the molecule is Cn1c(SCC(=O)c2ccc(N3CCCC3=O)cc2)nnc1C1CC1. The predicted octanol–water partition coefficient (Wildman–Crippen LogP) is 2.79. The first-order valence-electron chi connectivity index (χ1n) is 8.59. The summed E-state index contributed by atoms with van der Waals surface area (Å²) in [6.07, 6.45) is 3.87. The Bertz CT molecular complexity index is 811. The van der Waals surface area contributed by atoms with Crippen molar-refractivity contribution in [2.45, 2.75) is 36.8 Å². The van der Waals surface area contributed by atoms with Gasteiger partial charge in [-0.25, -0.2) is 0 Å². The fraction of sp³-hybridized carbons (Fsp3) is 0.444. The Balaban J connectivity index is 1.38. The zero-order valence-corrected chi connectivity index (χ0v) is 15.0. The first kappa shape index (κ1) is 16.3. The van der Waals surface area contributed by atoms with Crippen LogP contribution in [0.1, 0.15) is 47.8 Å². The second-order valence-corrected chi connectivity index (χ2v) is 7.52. The van der Waals surface area contributed by atoms with Gasteiger partial charge in [0.05, 0.1) is 5.75 Å². The van der Waals surface area contributed by atoms with E-state index in [2.05, 4.69) is 10.2 Å². The van der Waals surface area contributed by atoms with Gasteiger partial charge in [0.2, 0.25) is 5.91 Å². The molecule has 2 fully saturated rings. The van der Waals surface area contributed by atoms with Crippen LogP contribution in [0.5, 0.6) is 0 Å². The topological polar surface area (TPSA) is 68.1 Å². The summed E-state index contributed by atoms with van der Waals surface area (Å²) in [6, 6.07) is 7.32. The number of carbonyl (C=O) groups is 2. The van der Waals surface area contributed by atoms with Gasteiger partial charge < -0.3 is 9.47 Å². The molecule has 1 aliphatic carbocycles. The smallest absolute Gasteiger partial charge is 0.227 e. The van der Waals surface area contributed by atoms with Gasteiger partial charge in [-0.2, -0.15) is 0 Å². The minimum Gasteiger partial charge on any atom is -0.312 e. The van der Waals surface area contributed by atoms with Crippen LogP contribution in [-0.4, -0.2) is 38.8 Å². The highest BCUT2D eigenvalue weighted by molar-refractivity contribution is 7.99. The molecule has 0 bridgehead atoms. The highest BCUT2D eigenvalue weighted by Gasteiger charge is 2.29. The maximum Gasteiger partial charge on any atom is 0.227 e. The largest absolute Gasteiger partial charge is 0.312 e. The molecule has 1 aromatic heterocycles. The first-order chi connectivity index (χ1) is 12.1. The maximum atomic E-state index is 12.4. The van der Waals surface area contributed by atoms with Gasteiger partial charge in [-0.3, -0.25) is 9.59 Å². The molecule has 1 aliphatic heterocycles. The molecular weight excluding hydrogens is 336 g/mol. The monoisotopic (exact) mass is 356 g/mol. The molecule has 1 saturated carbocycles. The molecule has 0 unspecified atom stereocenters. The van der Waals surface area contributed by atoms with Gasteiger partial charge in [0.1, 0.15) is 5.82 Å². The second-order valence-electron chi connectivity index (χ2n) is 6.58. The number of thioether (sulfide) groups is 1. The maximum absolute atomic E-state index is 12.4. The quantitative estimate of drug-likeness (QED) is 0.588. The van der Waals surface area contributed by atoms with Gasteiger partial charge in [-0.15, -0.1) is 10.2 Å². The summed E-state index contributed by atoms with van der Waals surface area (Å²) in [4.78, 5) is 26.0. The molecule has 0 radical (unpaired) electrons. The number of Topliss-reactive ketones (excluding diaryl/α,β-unsaturated/α-hetero) is 1. The Morgan fingerprint density at radius 2 is 2.00 bits per heavy atom. The molecule has 6 nitrogen and oxygen atoms in total. The molecule has 0 atom stereocenters. The van der Waals surface area contributed by atoms with Crippen molar-refractivity contribution in [3.05, 3.63) is 35.7 Å². The molecule has 0 spiro atoms. The molecule has 2 aliphatic rings. The average molecular weight is 356 g/mol. The molecule has 1 amide bonds. The summed E-state index contributed by atoms with van der Waals surface area (Å²) < 4.78 is 2.00. The summed E-state index contributed by atoms with van der Waals surface area (Å²) in [7, 11) is 1.96. The van der Waals surface area contributed by atoms with Crippen LogP contribution in [0, 0.1) is 0 Å². The zero-order chi connectivity index (χ0) is 17.4. The predicted molar refractivity (Wildman–Crippen MR) is 96.1 cm³/mol. The van der Waals surface area contributed by atoms with Gasteiger partial charge >= 0.3 is 0 Å². The number of hydrogen-bond acceptors (Lipinski definition) is 5. The molecular formula is C18H20N4O2S. The lowest BCUT2D eigenvalue weighted by molar-refractivity contribution is -0.117. The lowest BCUT2D eigenvalue weighted by atomic mass is 10.1. The van der Waals surface area contributed by atoms with E-state index in [1.54, 1.807) is 17.0 Å². The average Bonchev–Trinajstić information content (AvgIpc) is 3.27. The molecule has 1 saturated heterocycles. The van der Waals surface area contributed by atoms with Crippen LogP contribution in [0.4, 0.5) is 5.69 Å². The Morgan fingerprint density at radius 1 is 1.24 bits per heavy atom. The fourth-order valence-electron chi connectivity index (χ4n) is 3.11. The van der Waals surface area contributed by atoms with Crippen LogP contribution in [0.15, 0.2) is 29.4 Å². The van der Waals surface area contributed by atoms with E-state index in [1.165, 1.54) is 24.6 Å². The van der Waals surface area contributed by atoms with Crippen molar-refractivity contribution in [1.82, 2.24) is 14.8 Å². The van der Waals surface area contributed by atoms with Gasteiger partial charge in [0, 0.05) is 37.2 Å². The zero-order valence-electron chi connectivity index (χ0n) is 14.1. The van der Waals surface area contributed by atoms with E-state index in [4.69, 9.17) is 0 Å². The molecule has 4 rings (SSSR count). The van der Waals surface area contributed by atoms with Gasteiger partial charge in [-0.05, 0) is 43.5 Å². The van der Waals surface area contributed by atoms with Crippen molar-refractivity contribution in [3.8, 4) is 0 Å². The van der Waals surface area contributed by atoms with Crippen molar-refractivity contribution in [2.75, 3.05) is 17.2 Å². The van der Waals surface area contributed by atoms with E-state index in [0.717, 1.165) is 29.6 Å². The number of aromatic nitrogens is 3. The van der Waals surface area contributed by atoms with Crippen molar-refractivity contribution >= 4 is 29.1 Å². The third kappa shape index (κ3) is 3.33. The standard InChI is InChI=1S/C18H20N4O2S/c1-21-17(13-4-5-13)19-20-18(21)25-11-15(23)12-6-8-14(9-7-12)22-10-2-3-16(22)24/h6-9,13H,2-5,10-11H2,1H3. The van der Waals surface area contributed by atoms with Crippen LogP contribution in [-0.2, 0) is 11.8 Å². The first-order valence-corrected chi connectivity index (χ1v) is 9.58. The number of nitrogens with zero attached hydrogens (tertiary/aromatic N) is 4. The minimum absolute atomic E-state index is 0.0558. The summed E-state index contributed by atoms with van der Waals surface area (Å²) in [5, 5.41) is 9.22. The minimum atomic E-state index is 0.0558. The number of hydrogen-bond donors (Lipinski definition) is 0. The number of amides is 1. The molecule has 0 N–H and O–H groups in total. The summed E-state index contributed by atoms with van der Waals surface area (Å²) in [5.41, 5.74) is 1.53. The molecule has 2 aromatic rings. The Morgan fingerprint density at radius 3 is 2.64 bits per heavy atom. The van der Waals surface area contributed by atoms with Gasteiger partial charge in [0.25, 0.3) is 0 Å². The highest BCUT2D eigenvalue weighted by atomic mass is 32.2. The lowest BCUT2D eigenvalue weighted by Gasteiger charge is -2.15. The highest BCUT2D eigenvalue weighted by Crippen LogP contribution is 2.39. The normalized spacial score (nSPS) is 17.3. The molecule has 7 heteroatoms. The van der Waals surface area contributed by atoms with E-state index < -0.39 is 0 Å². The summed E-state index contributed by atoms with van der Waals surface area (Å²) >= 11 is 1.42. The van der Waals surface area contributed by atoms with Crippen LogP contribution in [0.3, 0.4) is 0 Å². The van der Waals surface area contributed by atoms with Crippen molar-refractivity contribution in [2.24, 2.45) is 7.05 Å². The summed E-state index contributed by atoms with van der Waals surface area (Å²) in [6.45, 7) is 0.761. The third-order valence-corrected chi connectivity index (χ3v) is 5.74. The Labute approximate surface area is 150 Å². The van der Waals surface area contributed by atoms with Crippen LogP contribution in [0.2, 0.25) is 0 Å². The number of rotatable bonds is 6. The van der Waals surface area contributed by atoms with Crippen molar-refractivity contribution in [1.29, 1.82) is 0 Å². The van der Waals surface area contributed by atoms with Crippen LogP contribution >= 0.6 is 11.8 Å². The summed E-state index contributed by atoms with van der Waals surface area (Å²) in [5.74, 6) is 2.11. The van der Waals surface area contributed by atoms with Crippen LogP contribution in [0.25, 0.3) is 0 Å².